The highest BCUT2D eigenvalue weighted by Crippen LogP contribution is 2.23. The van der Waals surface area contributed by atoms with E-state index >= 15 is 0 Å². The zero-order valence-corrected chi connectivity index (χ0v) is 18.0. The highest BCUT2D eigenvalue weighted by molar-refractivity contribution is 7.12. The lowest BCUT2D eigenvalue weighted by Crippen LogP contribution is -2.24. The summed E-state index contributed by atoms with van der Waals surface area (Å²) in [5.41, 5.74) is 2.01. The van der Waals surface area contributed by atoms with Crippen molar-refractivity contribution >= 4 is 39.9 Å². The van der Waals surface area contributed by atoms with E-state index in [4.69, 9.17) is 21.3 Å². The van der Waals surface area contributed by atoms with Crippen LogP contribution in [-0.4, -0.2) is 22.1 Å². The number of nitrogens with zero attached hydrogens (tertiary/aromatic N) is 2. The van der Waals surface area contributed by atoms with Crippen molar-refractivity contribution in [1.82, 2.24) is 14.9 Å². The molecule has 0 saturated heterocycles. The number of unbranched alkanes of at least 4 members (excludes halogenated alkanes) is 1. The number of carbonyl (C=O) groups is 1. The van der Waals surface area contributed by atoms with Gasteiger partial charge in [0.25, 0.3) is 5.91 Å². The van der Waals surface area contributed by atoms with Crippen LogP contribution in [0.4, 0.5) is 0 Å². The molecular weight excluding hydrogens is 418 g/mol. The van der Waals surface area contributed by atoms with Gasteiger partial charge in [0, 0.05) is 6.54 Å². The molecule has 0 bridgehead atoms. The highest BCUT2D eigenvalue weighted by Gasteiger charge is 2.13. The first-order valence-corrected chi connectivity index (χ1v) is 11.1. The molecule has 0 aliphatic rings. The first-order valence-electron chi connectivity index (χ1n) is 9.85. The molecule has 2 aromatic heterocycles. The maximum atomic E-state index is 12.3. The first kappa shape index (κ1) is 20.4. The Morgan fingerprint density at radius 1 is 1.07 bits per heavy atom. The summed E-state index contributed by atoms with van der Waals surface area (Å²) in [6.07, 6.45) is 1.81. The molecule has 30 heavy (non-hydrogen) atoms. The number of hydrogen-bond acceptors (Lipinski definition) is 4. The maximum absolute atomic E-state index is 12.3. The molecule has 7 heteroatoms. The number of thiophene rings is 1. The van der Waals surface area contributed by atoms with E-state index in [-0.39, 0.29) is 5.91 Å². The van der Waals surface area contributed by atoms with Crippen LogP contribution in [0, 0.1) is 0 Å². The normalized spacial score (nSPS) is 11.0. The molecule has 0 saturated carbocycles. The van der Waals surface area contributed by atoms with E-state index in [2.05, 4.69) is 16.0 Å². The number of ether oxygens (including phenoxy) is 1. The molecule has 0 aliphatic carbocycles. The number of benzene rings is 2. The van der Waals surface area contributed by atoms with Gasteiger partial charge in [-0.15, -0.1) is 11.3 Å². The number of amides is 1. The average molecular weight is 440 g/mol. The lowest BCUT2D eigenvalue weighted by Gasteiger charge is -2.11. The minimum Gasteiger partial charge on any atom is -0.492 e. The van der Waals surface area contributed by atoms with Gasteiger partial charge in [-0.1, -0.05) is 41.9 Å². The number of carbonyl (C=O) groups excluding carboxylic acids is 1. The largest absolute Gasteiger partial charge is 0.492 e. The second-order valence-corrected chi connectivity index (χ2v) is 8.17. The van der Waals surface area contributed by atoms with Crippen molar-refractivity contribution < 1.29 is 9.53 Å². The fraction of sp³-hybridized carbons (Fsp3) is 0.217. The summed E-state index contributed by atoms with van der Waals surface area (Å²) < 4.78 is 7.96. The molecular formula is C23H22ClN3O2S. The first-order chi connectivity index (χ1) is 14.7. The van der Waals surface area contributed by atoms with Gasteiger partial charge in [-0.3, -0.25) is 4.79 Å². The van der Waals surface area contributed by atoms with E-state index < -0.39 is 0 Å². The predicted molar refractivity (Wildman–Crippen MR) is 121 cm³/mol. The second-order valence-electron chi connectivity index (χ2n) is 6.81. The van der Waals surface area contributed by atoms with Crippen LogP contribution < -0.4 is 10.1 Å². The Kier molecular flexibility index (Phi) is 6.67. The number of imidazole rings is 1. The van der Waals surface area contributed by atoms with E-state index in [9.17, 15) is 4.79 Å². The summed E-state index contributed by atoms with van der Waals surface area (Å²) in [6, 6.07) is 19.2. The third kappa shape index (κ3) is 4.83. The molecule has 4 aromatic rings. The van der Waals surface area contributed by atoms with E-state index in [0.717, 1.165) is 36.2 Å². The number of aryl methyl sites for hydroxylation is 1. The number of nitrogens with one attached hydrogen (secondary N) is 1. The third-order valence-corrected chi connectivity index (χ3v) is 5.94. The van der Waals surface area contributed by atoms with Gasteiger partial charge in [0.1, 0.15) is 11.6 Å². The smallest absolute Gasteiger partial charge is 0.261 e. The van der Waals surface area contributed by atoms with Crippen LogP contribution in [-0.2, 0) is 13.1 Å². The Labute approximate surface area is 184 Å². The van der Waals surface area contributed by atoms with Crippen molar-refractivity contribution in [1.29, 1.82) is 0 Å². The average Bonchev–Trinajstić information content (AvgIpc) is 3.41. The van der Waals surface area contributed by atoms with Crippen molar-refractivity contribution in [2.45, 2.75) is 25.9 Å². The van der Waals surface area contributed by atoms with Crippen molar-refractivity contribution in [3.63, 3.8) is 0 Å². The van der Waals surface area contributed by atoms with E-state index in [0.29, 0.717) is 28.8 Å². The van der Waals surface area contributed by atoms with Gasteiger partial charge in [-0.05, 0) is 48.6 Å². The summed E-state index contributed by atoms with van der Waals surface area (Å²) in [5.74, 6) is 1.49. The minimum absolute atomic E-state index is 0.0725. The molecule has 0 aliphatic heterocycles. The molecule has 5 nitrogen and oxygen atoms in total. The summed E-state index contributed by atoms with van der Waals surface area (Å²) in [5, 5.41) is 5.51. The standard InChI is InChI=1S/C23H22ClN3O2S/c24-17-8-1-4-11-20(17)29-14-6-5-13-27-19-10-3-2-9-18(19)26-22(27)16-25-23(28)21-12-7-15-30-21/h1-4,7-12,15H,5-6,13-14,16H2,(H,25,28). The number of para-hydroxylation sites is 3. The molecule has 1 amide bonds. The topological polar surface area (TPSA) is 56.2 Å². The van der Waals surface area contributed by atoms with E-state index in [1.165, 1.54) is 11.3 Å². The number of fused-ring (bicyclic) bond motifs is 1. The molecule has 4 rings (SSSR count). The van der Waals surface area contributed by atoms with Gasteiger partial charge in [0.05, 0.1) is 34.1 Å². The Balaban J connectivity index is 1.37. The van der Waals surface area contributed by atoms with Crippen LogP contribution >= 0.6 is 22.9 Å². The highest BCUT2D eigenvalue weighted by atomic mass is 35.5. The molecule has 0 radical (unpaired) electrons. The Bertz CT molecular complexity index is 1120. The summed E-state index contributed by atoms with van der Waals surface area (Å²) in [4.78, 5) is 17.7. The zero-order valence-electron chi connectivity index (χ0n) is 16.4. The SMILES string of the molecule is O=C(NCc1nc2ccccc2n1CCCCOc1ccccc1Cl)c1cccs1. The second kappa shape index (κ2) is 9.78. The number of hydrogen-bond donors (Lipinski definition) is 1. The van der Waals surface area contributed by atoms with Crippen molar-refractivity contribution in [3.05, 3.63) is 81.8 Å². The van der Waals surface area contributed by atoms with Crippen LogP contribution in [0.15, 0.2) is 66.0 Å². The summed E-state index contributed by atoms with van der Waals surface area (Å²) >= 11 is 7.56. The quantitative estimate of drug-likeness (QED) is 0.348. The molecule has 0 fully saturated rings. The molecule has 0 unspecified atom stereocenters. The number of halogens is 1. The molecule has 1 N–H and O–H groups in total. The Morgan fingerprint density at radius 3 is 2.73 bits per heavy atom. The van der Waals surface area contributed by atoms with Crippen molar-refractivity contribution in [2.75, 3.05) is 6.61 Å². The number of rotatable bonds is 9. The molecule has 2 aromatic carbocycles. The lowest BCUT2D eigenvalue weighted by molar-refractivity contribution is 0.0953. The summed E-state index contributed by atoms with van der Waals surface area (Å²) in [7, 11) is 0. The zero-order chi connectivity index (χ0) is 20.8. The van der Waals surface area contributed by atoms with Crippen LogP contribution in [0.5, 0.6) is 5.75 Å². The van der Waals surface area contributed by atoms with Gasteiger partial charge < -0.3 is 14.6 Å². The third-order valence-electron chi connectivity index (χ3n) is 4.76. The van der Waals surface area contributed by atoms with Crippen molar-refractivity contribution in [3.8, 4) is 5.75 Å². The van der Waals surface area contributed by atoms with Gasteiger partial charge in [0.15, 0.2) is 0 Å². The summed E-state index contributed by atoms with van der Waals surface area (Å²) in [6.45, 7) is 1.79. The van der Waals surface area contributed by atoms with Crippen molar-refractivity contribution in [2.24, 2.45) is 0 Å². The molecule has 0 spiro atoms. The van der Waals surface area contributed by atoms with Gasteiger partial charge in [-0.25, -0.2) is 4.98 Å². The van der Waals surface area contributed by atoms with E-state index in [1.54, 1.807) is 0 Å². The molecule has 0 atom stereocenters. The monoisotopic (exact) mass is 439 g/mol. The Morgan fingerprint density at radius 2 is 1.90 bits per heavy atom. The van der Waals surface area contributed by atoms with Gasteiger partial charge in [0.2, 0.25) is 0 Å². The van der Waals surface area contributed by atoms with Crippen LogP contribution in [0.3, 0.4) is 0 Å². The maximum Gasteiger partial charge on any atom is 0.261 e. The van der Waals surface area contributed by atoms with Crippen LogP contribution in [0.2, 0.25) is 5.02 Å². The van der Waals surface area contributed by atoms with E-state index in [1.807, 2.05) is 60.0 Å². The number of aromatic nitrogens is 2. The molecule has 154 valence electrons. The molecule has 2 heterocycles. The predicted octanol–water partition coefficient (Wildman–Crippen LogP) is 5.54. The minimum atomic E-state index is -0.0725. The Hall–Kier alpha value is -2.83. The van der Waals surface area contributed by atoms with Crippen LogP contribution in [0.25, 0.3) is 11.0 Å². The fourth-order valence-corrected chi connectivity index (χ4v) is 4.11. The van der Waals surface area contributed by atoms with Gasteiger partial charge in [-0.2, -0.15) is 0 Å². The lowest BCUT2D eigenvalue weighted by atomic mass is 10.3. The van der Waals surface area contributed by atoms with Gasteiger partial charge >= 0.3 is 0 Å². The van der Waals surface area contributed by atoms with Crippen LogP contribution in [0.1, 0.15) is 28.3 Å². The fourth-order valence-electron chi connectivity index (χ4n) is 3.28.